The highest BCUT2D eigenvalue weighted by Gasteiger charge is 2.24. The quantitative estimate of drug-likeness (QED) is 0.783. The first-order chi connectivity index (χ1) is 12.0. The summed E-state index contributed by atoms with van der Waals surface area (Å²) in [5.74, 6) is 0.0747. The maximum Gasteiger partial charge on any atom is 0.286 e. The molecule has 0 unspecified atom stereocenters. The molecule has 0 bridgehead atoms. The number of benzene rings is 2. The predicted molar refractivity (Wildman–Crippen MR) is 101 cm³/mol. The number of thioether (sulfide) groups is 1. The Morgan fingerprint density at radius 2 is 2.00 bits per heavy atom. The van der Waals surface area contributed by atoms with Gasteiger partial charge in [0, 0.05) is 23.4 Å². The number of fused-ring (bicyclic) bond motifs is 1. The molecule has 0 saturated heterocycles. The second kappa shape index (κ2) is 7.28. The summed E-state index contributed by atoms with van der Waals surface area (Å²) in [6.07, 6.45) is 2.31. The smallest absolute Gasteiger partial charge is 0.286 e. The van der Waals surface area contributed by atoms with Crippen LogP contribution in [-0.2, 0) is 14.8 Å². The molecule has 25 heavy (non-hydrogen) atoms. The molecule has 1 heterocycles. The van der Waals surface area contributed by atoms with Gasteiger partial charge < -0.3 is 10.6 Å². The first-order valence-electron chi connectivity index (χ1n) is 7.62. The van der Waals surface area contributed by atoms with E-state index < -0.39 is 10.0 Å². The lowest BCUT2D eigenvalue weighted by molar-refractivity contribution is -0.116. The highest BCUT2D eigenvalue weighted by Crippen LogP contribution is 2.27. The van der Waals surface area contributed by atoms with Crippen molar-refractivity contribution in [3.05, 3.63) is 48.5 Å². The van der Waals surface area contributed by atoms with Crippen LogP contribution in [0.5, 0.6) is 0 Å². The molecule has 1 aliphatic heterocycles. The van der Waals surface area contributed by atoms with E-state index in [1.807, 2.05) is 30.5 Å². The Labute approximate surface area is 150 Å². The third kappa shape index (κ3) is 4.21. The Morgan fingerprint density at radius 3 is 2.80 bits per heavy atom. The normalized spacial score (nSPS) is 14.8. The van der Waals surface area contributed by atoms with E-state index in [0.717, 1.165) is 4.90 Å². The van der Waals surface area contributed by atoms with Crippen LogP contribution >= 0.6 is 11.8 Å². The molecule has 1 amide bonds. The fourth-order valence-corrected chi connectivity index (χ4v) is 4.06. The Bertz CT molecular complexity index is 940. The number of amides is 1. The van der Waals surface area contributed by atoms with Crippen molar-refractivity contribution in [2.24, 2.45) is 4.40 Å². The van der Waals surface area contributed by atoms with Gasteiger partial charge in [-0.05, 0) is 36.6 Å². The van der Waals surface area contributed by atoms with Crippen molar-refractivity contribution in [1.82, 2.24) is 0 Å². The summed E-state index contributed by atoms with van der Waals surface area (Å²) in [6, 6.07) is 14.1. The zero-order chi connectivity index (χ0) is 17.9. The van der Waals surface area contributed by atoms with E-state index in [1.54, 1.807) is 30.0 Å². The Hall–Kier alpha value is -2.32. The Balaban J connectivity index is 1.64. The minimum Gasteiger partial charge on any atom is -0.342 e. The lowest BCUT2D eigenvalue weighted by atomic mass is 10.2. The van der Waals surface area contributed by atoms with Crippen molar-refractivity contribution in [3.8, 4) is 0 Å². The van der Waals surface area contributed by atoms with Crippen molar-refractivity contribution in [1.29, 1.82) is 0 Å². The molecule has 2 N–H and O–H groups in total. The van der Waals surface area contributed by atoms with Crippen molar-refractivity contribution in [2.45, 2.75) is 22.6 Å². The number of hydrogen-bond donors (Lipinski definition) is 2. The van der Waals surface area contributed by atoms with Gasteiger partial charge >= 0.3 is 0 Å². The number of amidine groups is 1. The summed E-state index contributed by atoms with van der Waals surface area (Å²) in [5.41, 5.74) is 1.20. The standard InChI is InChI=1S/C17H17N3O3S2/c1-24-13-6-4-5-12(11-13)18-17(21)10-9-16-19-14-7-2-3-8-15(14)25(22,23)20-16/h2-8,11H,9-10H2,1H3,(H,18,21)(H,19,20). The summed E-state index contributed by atoms with van der Waals surface area (Å²) < 4.78 is 28.1. The molecule has 1 aliphatic rings. The van der Waals surface area contributed by atoms with E-state index >= 15 is 0 Å². The predicted octanol–water partition coefficient (Wildman–Crippen LogP) is 3.34. The fourth-order valence-electron chi connectivity index (χ4n) is 2.43. The summed E-state index contributed by atoms with van der Waals surface area (Å²) in [7, 11) is -3.72. The number of rotatable bonds is 5. The number of nitrogens with zero attached hydrogens (tertiary/aromatic N) is 1. The van der Waals surface area contributed by atoms with Gasteiger partial charge in [-0.3, -0.25) is 4.79 Å². The molecule has 0 fully saturated rings. The summed E-state index contributed by atoms with van der Waals surface area (Å²) in [5, 5.41) is 5.79. The molecule has 2 aromatic rings. The lowest BCUT2D eigenvalue weighted by Crippen LogP contribution is -2.23. The van der Waals surface area contributed by atoms with Gasteiger partial charge in [0.15, 0.2) is 0 Å². The molecule has 0 radical (unpaired) electrons. The molecule has 130 valence electrons. The molecule has 0 atom stereocenters. The Kier molecular flexibility index (Phi) is 5.10. The molecule has 3 rings (SSSR count). The van der Waals surface area contributed by atoms with Gasteiger partial charge in [0.05, 0.1) is 5.69 Å². The first kappa shape index (κ1) is 17.5. The number of carbonyl (C=O) groups is 1. The second-order valence-electron chi connectivity index (χ2n) is 5.41. The van der Waals surface area contributed by atoms with Gasteiger partial charge in [0.25, 0.3) is 10.0 Å². The average molecular weight is 375 g/mol. The number of carbonyl (C=O) groups excluding carboxylic acids is 1. The fraction of sp³-hybridized carbons (Fsp3) is 0.176. The maximum atomic E-state index is 12.2. The van der Waals surface area contributed by atoms with E-state index in [0.29, 0.717) is 11.4 Å². The van der Waals surface area contributed by atoms with Crippen LogP contribution in [0.3, 0.4) is 0 Å². The SMILES string of the molecule is CSc1cccc(NC(=O)CCC2=NS(=O)(=O)c3ccccc3N2)c1. The first-order valence-corrected chi connectivity index (χ1v) is 10.3. The van der Waals surface area contributed by atoms with Gasteiger partial charge in [-0.25, -0.2) is 0 Å². The topological polar surface area (TPSA) is 87.6 Å². The minimum atomic E-state index is -3.72. The molecule has 0 saturated carbocycles. The average Bonchev–Trinajstić information content (AvgIpc) is 2.60. The molecule has 2 aromatic carbocycles. The second-order valence-corrected chi connectivity index (χ2v) is 7.87. The summed E-state index contributed by atoms with van der Waals surface area (Å²) in [6.45, 7) is 0. The van der Waals surface area contributed by atoms with Crippen molar-refractivity contribution < 1.29 is 13.2 Å². The van der Waals surface area contributed by atoms with E-state index in [-0.39, 0.29) is 29.5 Å². The van der Waals surface area contributed by atoms with Crippen molar-refractivity contribution in [3.63, 3.8) is 0 Å². The number of anilines is 2. The van der Waals surface area contributed by atoms with Crippen LogP contribution in [0.2, 0.25) is 0 Å². The molecular formula is C17H17N3O3S2. The van der Waals surface area contributed by atoms with E-state index in [4.69, 9.17) is 0 Å². The maximum absolute atomic E-state index is 12.2. The van der Waals surface area contributed by atoms with Crippen LogP contribution in [0.4, 0.5) is 11.4 Å². The van der Waals surface area contributed by atoms with Crippen LogP contribution in [0.25, 0.3) is 0 Å². The zero-order valence-corrected chi connectivity index (χ0v) is 15.2. The lowest BCUT2D eigenvalue weighted by Gasteiger charge is -2.17. The largest absolute Gasteiger partial charge is 0.342 e. The molecular weight excluding hydrogens is 358 g/mol. The van der Waals surface area contributed by atoms with Gasteiger partial charge in [0.1, 0.15) is 10.7 Å². The van der Waals surface area contributed by atoms with Gasteiger partial charge in [-0.2, -0.15) is 8.42 Å². The molecule has 0 aliphatic carbocycles. The number of nitrogens with one attached hydrogen (secondary N) is 2. The zero-order valence-electron chi connectivity index (χ0n) is 13.5. The summed E-state index contributed by atoms with van der Waals surface area (Å²) >= 11 is 1.59. The van der Waals surface area contributed by atoms with Crippen molar-refractivity contribution in [2.75, 3.05) is 16.9 Å². The van der Waals surface area contributed by atoms with E-state index in [1.165, 1.54) is 6.07 Å². The van der Waals surface area contributed by atoms with Crippen LogP contribution in [0, 0.1) is 0 Å². The molecule has 6 nitrogen and oxygen atoms in total. The van der Waals surface area contributed by atoms with E-state index in [9.17, 15) is 13.2 Å². The number of hydrogen-bond acceptors (Lipinski definition) is 5. The third-order valence-corrected chi connectivity index (χ3v) is 5.71. The summed E-state index contributed by atoms with van der Waals surface area (Å²) in [4.78, 5) is 13.3. The third-order valence-electron chi connectivity index (χ3n) is 3.62. The number of sulfonamides is 1. The van der Waals surface area contributed by atoms with Crippen LogP contribution < -0.4 is 10.6 Å². The van der Waals surface area contributed by atoms with Gasteiger partial charge in [-0.1, -0.05) is 18.2 Å². The highest BCUT2D eigenvalue weighted by molar-refractivity contribution is 7.98. The Morgan fingerprint density at radius 1 is 1.20 bits per heavy atom. The van der Waals surface area contributed by atoms with Crippen LogP contribution in [-0.4, -0.2) is 26.4 Å². The van der Waals surface area contributed by atoms with Gasteiger partial charge in [0.2, 0.25) is 5.91 Å². The van der Waals surface area contributed by atoms with Crippen molar-refractivity contribution >= 4 is 44.9 Å². The van der Waals surface area contributed by atoms with Crippen LogP contribution in [0.15, 0.2) is 62.7 Å². The van der Waals surface area contributed by atoms with E-state index in [2.05, 4.69) is 15.0 Å². The minimum absolute atomic E-state index is 0.132. The number of para-hydroxylation sites is 1. The molecule has 8 heteroatoms. The molecule has 0 spiro atoms. The highest BCUT2D eigenvalue weighted by atomic mass is 32.2. The van der Waals surface area contributed by atoms with Crippen LogP contribution in [0.1, 0.15) is 12.8 Å². The van der Waals surface area contributed by atoms with Gasteiger partial charge in [-0.15, -0.1) is 16.2 Å². The monoisotopic (exact) mass is 375 g/mol. The molecule has 0 aromatic heterocycles.